The molecule has 0 saturated heterocycles. The first-order chi connectivity index (χ1) is 14.4. The summed E-state index contributed by atoms with van der Waals surface area (Å²) in [5, 5.41) is 20.3. The van der Waals surface area contributed by atoms with E-state index in [1.54, 1.807) is 0 Å². The van der Waals surface area contributed by atoms with Crippen LogP contribution in [0.3, 0.4) is 0 Å². The van der Waals surface area contributed by atoms with E-state index in [2.05, 4.69) is 69.3 Å². The Morgan fingerprint density at radius 3 is 2.42 bits per heavy atom. The minimum Gasteiger partial charge on any atom is -0.393 e. The van der Waals surface area contributed by atoms with Gasteiger partial charge in [-0.1, -0.05) is 44.5 Å². The number of aliphatic hydroxyl groups is 2. The molecule has 2 aliphatic carbocycles. The van der Waals surface area contributed by atoms with Crippen LogP contribution in [0.25, 0.3) is 22.2 Å². The fraction of sp³-hybridized carbons (Fsp3) is 0.444. The summed E-state index contributed by atoms with van der Waals surface area (Å²) in [5.41, 5.74) is 6.77. The van der Waals surface area contributed by atoms with Crippen molar-refractivity contribution in [1.29, 1.82) is 0 Å². The van der Waals surface area contributed by atoms with Crippen LogP contribution >= 0.6 is 0 Å². The number of aryl methyl sites for hydroxylation is 3. The van der Waals surface area contributed by atoms with E-state index in [0.29, 0.717) is 5.92 Å². The molecule has 4 heteroatoms. The summed E-state index contributed by atoms with van der Waals surface area (Å²) < 4.78 is 0. The maximum Gasteiger partial charge on any atom is 0.0597 e. The zero-order chi connectivity index (χ0) is 21.3. The van der Waals surface area contributed by atoms with Gasteiger partial charge in [-0.15, -0.1) is 34.9 Å². The van der Waals surface area contributed by atoms with Crippen LogP contribution in [-0.2, 0) is 20.1 Å². The third-order valence-electron chi connectivity index (χ3n) is 6.71. The van der Waals surface area contributed by atoms with Crippen molar-refractivity contribution in [2.75, 3.05) is 0 Å². The Morgan fingerprint density at radius 1 is 0.903 bits per heavy atom. The van der Waals surface area contributed by atoms with Gasteiger partial charge in [0.1, 0.15) is 0 Å². The second kappa shape index (κ2) is 10.4. The van der Waals surface area contributed by atoms with Gasteiger partial charge in [0.05, 0.1) is 17.7 Å². The number of pyridine rings is 1. The van der Waals surface area contributed by atoms with E-state index in [9.17, 15) is 10.2 Å². The zero-order valence-electron chi connectivity index (χ0n) is 18.6. The van der Waals surface area contributed by atoms with Gasteiger partial charge < -0.3 is 10.2 Å². The van der Waals surface area contributed by atoms with Gasteiger partial charge in [0, 0.05) is 31.4 Å². The second-order valence-electron chi connectivity index (χ2n) is 9.07. The second-order valence-corrected chi connectivity index (χ2v) is 9.07. The number of benzene rings is 2. The minimum atomic E-state index is -0.216. The summed E-state index contributed by atoms with van der Waals surface area (Å²) in [6.07, 6.45) is 4.88. The van der Waals surface area contributed by atoms with E-state index in [-0.39, 0.29) is 38.2 Å². The van der Waals surface area contributed by atoms with Gasteiger partial charge in [0.2, 0.25) is 0 Å². The van der Waals surface area contributed by atoms with Crippen LogP contribution in [0, 0.1) is 38.7 Å². The van der Waals surface area contributed by atoms with Gasteiger partial charge in [-0.2, -0.15) is 0 Å². The maximum atomic E-state index is 9.59. The minimum absolute atomic E-state index is 0. The van der Waals surface area contributed by atoms with Gasteiger partial charge >= 0.3 is 0 Å². The summed E-state index contributed by atoms with van der Waals surface area (Å²) in [6.45, 7) is 6.30. The molecule has 5 rings (SSSR count). The quantitative estimate of drug-likeness (QED) is 0.364. The third-order valence-corrected chi connectivity index (χ3v) is 6.71. The average Bonchev–Trinajstić information content (AvgIpc) is 3.10. The van der Waals surface area contributed by atoms with Crippen LogP contribution in [0.4, 0.5) is 0 Å². The molecule has 0 amide bonds. The molecule has 0 spiro atoms. The predicted molar refractivity (Wildman–Crippen MR) is 122 cm³/mol. The first kappa shape index (κ1) is 24.1. The fourth-order valence-electron chi connectivity index (χ4n) is 5.27. The Morgan fingerprint density at radius 2 is 1.68 bits per heavy atom. The van der Waals surface area contributed by atoms with Crippen LogP contribution in [-0.4, -0.2) is 27.4 Å². The Kier molecular flexibility index (Phi) is 8.04. The van der Waals surface area contributed by atoms with Crippen molar-refractivity contribution in [1.82, 2.24) is 4.98 Å². The number of nitrogens with zero attached hydrogens (tertiary/aromatic N) is 1. The van der Waals surface area contributed by atoms with E-state index < -0.39 is 0 Å². The van der Waals surface area contributed by atoms with E-state index in [1.807, 2.05) is 0 Å². The maximum absolute atomic E-state index is 9.59. The molecule has 2 saturated carbocycles. The van der Waals surface area contributed by atoms with Gasteiger partial charge in [-0.3, -0.25) is 4.98 Å². The molecule has 1 heterocycles. The van der Waals surface area contributed by atoms with E-state index in [4.69, 9.17) is 4.98 Å². The van der Waals surface area contributed by atoms with E-state index in [1.165, 1.54) is 22.9 Å². The van der Waals surface area contributed by atoms with Crippen LogP contribution in [0.15, 0.2) is 42.5 Å². The van der Waals surface area contributed by atoms with Crippen molar-refractivity contribution in [3.8, 4) is 11.3 Å². The van der Waals surface area contributed by atoms with Gasteiger partial charge in [-0.25, -0.2) is 0 Å². The van der Waals surface area contributed by atoms with Crippen molar-refractivity contribution in [3.05, 3.63) is 65.2 Å². The summed E-state index contributed by atoms with van der Waals surface area (Å²) in [7, 11) is 0. The van der Waals surface area contributed by atoms with Gasteiger partial charge in [-0.05, 0) is 55.8 Å². The monoisotopic (exact) mass is 595 g/mol. The number of aliphatic hydroxyl groups excluding tert-OH is 2. The molecule has 167 valence electrons. The molecule has 4 unspecified atom stereocenters. The first-order valence-electron chi connectivity index (χ1n) is 11.2. The number of hydrogen-bond donors (Lipinski definition) is 2. The smallest absolute Gasteiger partial charge is 0.0597 e. The zero-order valence-corrected chi connectivity index (χ0v) is 21.0. The molecule has 2 fully saturated rings. The molecule has 2 N–H and O–H groups in total. The van der Waals surface area contributed by atoms with E-state index >= 15 is 0 Å². The first-order valence-corrected chi connectivity index (χ1v) is 11.2. The molecule has 31 heavy (non-hydrogen) atoms. The molecule has 3 nitrogen and oxygen atoms in total. The summed E-state index contributed by atoms with van der Waals surface area (Å²) in [4.78, 5) is 4.76. The van der Waals surface area contributed by atoms with Crippen molar-refractivity contribution >= 4 is 10.9 Å². The SMILES string of the molecule is Cc1[c-]c(-c2ccc3c(C)cccc3n2)cc(C)c1.OC1CCCC2CCC(O)C12.[Ir]. The molecule has 2 aliphatic rings. The molecule has 4 atom stereocenters. The molecular weight excluding hydrogens is 563 g/mol. The fourth-order valence-corrected chi connectivity index (χ4v) is 5.27. The van der Waals surface area contributed by atoms with Crippen molar-refractivity contribution in [3.63, 3.8) is 0 Å². The van der Waals surface area contributed by atoms with E-state index in [0.717, 1.165) is 48.0 Å². The average molecular weight is 595 g/mol. The Balaban J connectivity index is 0.000000194. The topological polar surface area (TPSA) is 53.4 Å². The van der Waals surface area contributed by atoms with Crippen molar-refractivity contribution in [2.45, 2.75) is 65.1 Å². The third kappa shape index (κ3) is 5.43. The Hall–Kier alpha value is -1.58. The van der Waals surface area contributed by atoms with Crippen LogP contribution in [0.1, 0.15) is 48.8 Å². The summed E-state index contributed by atoms with van der Waals surface area (Å²) in [5.74, 6) is 0.831. The van der Waals surface area contributed by atoms with Gasteiger partial charge in [0.15, 0.2) is 0 Å². The number of fused-ring (bicyclic) bond motifs is 2. The van der Waals surface area contributed by atoms with Crippen LogP contribution in [0.5, 0.6) is 0 Å². The Labute approximate surface area is 199 Å². The molecule has 3 aromatic rings. The molecule has 1 aromatic heterocycles. The molecule has 0 bridgehead atoms. The number of aromatic nitrogens is 1. The summed E-state index contributed by atoms with van der Waals surface area (Å²) >= 11 is 0. The standard InChI is InChI=1S/C18H16N.C9H16O2.Ir/c1-12-9-13(2)11-15(10-12)17-8-7-16-14(3)5-4-6-18(16)19-17;10-7-3-1-2-6-4-5-8(11)9(6)7;/h4-10H,1-3H3;6-11H,1-5H2;/q-1;;. The van der Waals surface area contributed by atoms with Crippen molar-refractivity contribution in [2.24, 2.45) is 11.8 Å². The van der Waals surface area contributed by atoms with Crippen LogP contribution < -0.4 is 0 Å². The molecular formula is C27H32IrNO2-. The number of rotatable bonds is 1. The van der Waals surface area contributed by atoms with Crippen molar-refractivity contribution < 1.29 is 30.3 Å². The van der Waals surface area contributed by atoms with Crippen LogP contribution in [0.2, 0.25) is 0 Å². The predicted octanol–water partition coefficient (Wildman–Crippen LogP) is 5.54. The summed E-state index contributed by atoms with van der Waals surface area (Å²) in [6, 6.07) is 18.1. The molecule has 1 radical (unpaired) electrons. The number of hydrogen-bond acceptors (Lipinski definition) is 3. The normalized spacial score (nSPS) is 24.7. The van der Waals surface area contributed by atoms with Gasteiger partial charge in [0.25, 0.3) is 0 Å². The largest absolute Gasteiger partial charge is 0.393 e. The molecule has 0 aliphatic heterocycles. The Bertz CT molecular complexity index is 1010. The molecule has 2 aromatic carbocycles.